The molecule has 0 unspecified atom stereocenters. The predicted octanol–water partition coefficient (Wildman–Crippen LogP) is 1.91. The maximum atomic E-state index is 8.88. The van der Waals surface area contributed by atoms with Crippen LogP contribution in [0.25, 0.3) is 0 Å². The van der Waals surface area contributed by atoms with Gasteiger partial charge >= 0.3 is 0 Å². The van der Waals surface area contributed by atoms with Gasteiger partial charge in [-0.2, -0.15) is 5.26 Å². The van der Waals surface area contributed by atoms with Gasteiger partial charge in [0.2, 0.25) is 0 Å². The SMILES string of the molecule is CN(c1ccc(N)c(C#N)n1)C1CCCC1. The summed E-state index contributed by atoms with van der Waals surface area (Å²) in [5.41, 5.74) is 6.42. The zero-order chi connectivity index (χ0) is 11.5. The molecule has 0 saturated heterocycles. The number of anilines is 2. The molecule has 1 aliphatic carbocycles. The van der Waals surface area contributed by atoms with Crippen LogP contribution in [0.15, 0.2) is 12.1 Å². The summed E-state index contributed by atoms with van der Waals surface area (Å²) in [5, 5.41) is 8.88. The van der Waals surface area contributed by atoms with Crippen LogP contribution in [0.5, 0.6) is 0 Å². The van der Waals surface area contributed by atoms with Crippen molar-refractivity contribution in [3.8, 4) is 6.07 Å². The Morgan fingerprint density at radius 3 is 2.75 bits per heavy atom. The van der Waals surface area contributed by atoms with E-state index in [-0.39, 0.29) is 0 Å². The van der Waals surface area contributed by atoms with Crippen molar-refractivity contribution in [2.75, 3.05) is 17.7 Å². The molecule has 2 N–H and O–H groups in total. The largest absolute Gasteiger partial charge is 0.396 e. The first-order valence-electron chi connectivity index (χ1n) is 5.62. The van der Waals surface area contributed by atoms with Crippen molar-refractivity contribution < 1.29 is 0 Å². The molecule has 1 fully saturated rings. The second-order valence-electron chi connectivity index (χ2n) is 4.27. The highest BCUT2D eigenvalue weighted by atomic mass is 15.2. The van der Waals surface area contributed by atoms with E-state index >= 15 is 0 Å². The topological polar surface area (TPSA) is 65.9 Å². The molecule has 0 aliphatic heterocycles. The van der Waals surface area contributed by atoms with Gasteiger partial charge in [-0.25, -0.2) is 4.98 Å². The van der Waals surface area contributed by atoms with Crippen LogP contribution in [0.4, 0.5) is 11.5 Å². The van der Waals surface area contributed by atoms with E-state index in [1.54, 1.807) is 6.07 Å². The number of nitrogens with two attached hydrogens (primary N) is 1. The first kappa shape index (κ1) is 10.7. The monoisotopic (exact) mass is 216 g/mol. The molecule has 4 nitrogen and oxygen atoms in total. The summed E-state index contributed by atoms with van der Waals surface area (Å²) in [4.78, 5) is 6.44. The Kier molecular flexibility index (Phi) is 2.95. The smallest absolute Gasteiger partial charge is 0.165 e. The van der Waals surface area contributed by atoms with Gasteiger partial charge in [-0.15, -0.1) is 0 Å². The highest BCUT2D eigenvalue weighted by Crippen LogP contribution is 2.26. The van der Waals surface area contributed by atoms with Crippen LogP contribution in [0.3, 0.4) is 0 Å². The molecule has 0 amide bonds. The summed E-state index contributed by atoms with van der Waals surface area (Å²) in [6.45, 7) is 0. The van der Waals surface area contributed by atoms with Crippen LogP contribution in [0, 0.1) is 11.3 Å². The second-order valence-corrected chi connectivity index (χ2v) is 4.27. The van der Waals surface area contributed by atoms with Crippen LogP contribution in [-0.2, 0) is 0 Å². The molecule has 1 heterocycles. The van der Waals surface area contributed by atoms with Gasteiger partial charge in [-0.05, 0) is 25.0 Å². The van der Waals surface area contributed by atoms with E-state index in [0.29, 0.717) is 17.4 Å². The molecule has 0 radical (unpaired) electrons. The number of nitrogen functional groups attached to an aromatic ring is 1. The van der Waals surface area contributed by atoms with Crippen LogP contribution < -0.4 is 10.6 Å². The summed E-state index contributed by atoms with van der Waals surface area (Å²) < 4.78 is 0. The summed E-state index contributed by atoms with van der Waals surface area (Å²) in [5.74, 6) is 0.845. The molecule has 1 aromatic rings. The van der Waals surface area contributed by atoms with Crippen molar-refractivity contribution >= 4 is 11.5 Å². The fraction of sp³-hybridized carbons (Fsp3) is 0.500. The molecule has 16 heavy (non-hydrogen) atoms. The number of aromatic nitrogens is 1. The van der Waals surface area contributed by atoms with Crippen molar-refractivity contribution in [3.63, 3.8) is 0 Å². The molecular formula is C12H16N4. The van der Waals surface area contributed by atoms with Gasteiger partial charge in [-0.1, -0.05) is 12.8 Å². The van der Waals surface area contributed by atoms with Crippen LogP contribution in [0.1, 0.15) is 31.4 Å². The van der Waals surface area contributed by atoms with Crippen molar-refractivity contribution in [3.05, 3.63) is 17.8 Å². The average molecular weight is 216 g/mol. The summed E-state index contributed by atoms with van der Waals surface area (Å²) in [6.07, 6.45) is 5.00. The number of rotatable bonds is 2. The van der Waals surface area contributed by atoms with Gasteiger partial charge in [0, 0.05) is 13.1 Å². The highest BCUT2D eigenvalue weighted by Gasteiger charge is 2.20. The molecule has 0 aromatic carbocycles. The molecular weight excluding hydrogens is 200 g/mol. The number of pyridine rings is 1. The van der Waals surface area contributed by atoms with E-state index in [4.69, 9.17) is 11.0 Å². The third-order valence-electron chi connectivity index (χ3n) is 3.25. The Morgan fingerprint density at radius 2 is 2.12 bits per heavy atom. The van der Waals surface area contributed by atoms with Crippen molar-refractivity contribution in [2.45, 2.75) is 31.7 Å². The molecule has 2 rings (SSSR count). The molecule has 0 spiro atoms. The maximum Gasteiger partial charge on any atom is 0.165 e. The Balaban J connectivity index is 2.23. The van der Waals surface area contributed by atoms with E-state index in [2.05, 4.69) is 9.88 Å². The lowest BCUT2D eigenvalue weighted by Gasteiger charge is -2.25. The number of nitriles is 1. The average Bonchev–Trinajstić information content (AvgIpc) is 2.82. The van der Waals surface area contributed by atoms with Crippen molar-refractivity contribution in [1.29, 1.82) is 5.26 Å². The molecule has 1 aliphatic rings. The molecule has 1 aromatic heterocycles. The van der Waals surface area contributed by atoms with Gasteiger partial charge in [0.25, 0.3) is 0 Å². The maximum absolute atomic E-state index is 8.88. The van der Waals surface area contributed by atoms with E-state index in [1.165, 1.54) is 25.7 Å². The Bertz CT molecular complexity index is 416. The summed E-state index contributed by atoms with van der Waals surface area (Å²) >= 11 is 0. The number of nitrogens with zero attached hydrogens (tertiary/aromatic N) is 3. The van der Waals surface area contributed by atoms with Crippen molar-refractivity contribution in [1.82, 2.24) is 4.98 Å². The third kappa shape index (κ3) is 1.94. The quantitative estimate of drug-likeness (QED) is 0.820. The van der Waals surface area contributed by atoms with E-state index < -0.39 is 0 Å². The number of hydrogen-bond donors (Lipinski definition) is 1. The lowest BCUT2D eigenvalue weighted by molar-refractivity contribution is 0.646. The standard InChI is InChI=1S/C12H16N4/c1-16(9-4-2-3-5-9)12-7-6-10(14)11(8-13)15-12/h6-7,9H,2-5,14H2,1H3. The van der Waals surface area contributed by atoms with Gasteiger partial charge in [0.05, 0.1) is 5.69 Å². The molecule has 0 atom stereocenters. The molecule has 84 valence electrons. The minimum absolute atomic E-state index is 0.322. The summed E-state index contributed by atoms with van der Waals surface area (Å²) in [7, 11) is 2.04. The molecule has 1 saturated carbocycles. The first-order chi connectivity index (χ1) is 7.72. The minimum atomic E-state index is 0.322. The lowest BCUT2D eigenvalue weighted by Crippen LogP contribution is -2.29. The number of hydrogen-bond acceptors (Lipinski definition) is 4. The zero-order valence-corrected chi connectivity index (χ0v) is 9.48. The van der Waals surface area contributed by atoms with Gasteiger partial charge in [0.1, 0.15) is 11.9 Å². The minimum Gasteiger partial charge on any atom is -0.396 e. The first-order valence-corrected chi connectivity index (χ1v) is 5.62. The highest BCUT2D eigenvalue weighted by molar-refractivity contribution is 5.55. The lowest BCUT2D eigenvalue weighted by atomic mass is 10.2. The summed E-state index contributed by atoms with van der Waals surface area (Å²) in [6, 6.07) is 6.22. The van der Waals surface area contributed by atoms with Gasteiger partial charge in [-0.3, -0.25) is 0 Å². The third-order valence-corrected chi connectivity index (χ3v) is 3.25. The predicted molar refractivity (Wildman–Crippen MR) is 64.0 cm³/mol. The van der Waals surface area contributed by atoms with Crippen LogP contribution in [-0.4, -0.2) is 18.1 Å². The Morgan fingerprint density at radius 1 is 1.44 bits per heavy atom. The second kappa shape index (κ2) is 4.40. The fourth-order valence-electron chi connectivity index (χ4n) is 2.22. The van der Waals surface area contributed by atoms with Crippen LogP contribution in [0.2, 0.25) is 0 Å². The van der Waals surface area contributed by atoms with E-state index in [1.807, 2.05) is 19.2 Å². The zero-order valence-electron chi connectivity index (χ0n) is 9.48. The van der Waals surface area contributed by atoms with E-state index in [0.717, 1.165) is 5.82 Å². The molecule has 4 heteroatoms. The Labute approximate surface area is 95.7 Å². The van der Waals surface area contributed by atoms with Gasteiger partial charge in [0.15, 0.2) is 5.69 Å². The normalized spacial score (nSPS) is 16.0. The Hall–Kier alpha value is -1.76. The molecule has 0 bridgehead atoms. The van der Waals surface area contributed by atoms with Crippen LogP contribution >= 0.6 is 0 Å². The van der Waals surface area contributed by atoms with Crippen molar-refractivity contribution in [2.24, 2.45) is 0 Å². The van der Waals surface area contributed by atoms with Gasteiger partial charge < -0.3 is 10.6 Å². The fourth-order valence-corrected chi connectivity index (χ4v) is 2.22. The van der Waals surface area contributed by atoms with E-state index in [9.17, 15) is 0 Å².